The van der Waals surface area contributed by atoms with Crippen molar-refractivity contribution in [1.82, 2.24) is 0 Å². The van der Waals surface area contributed by atoms with E-state index in [1.54, 1.807) is 0 Å². The molecule has 1 aliphatic rings. The molecule has 1 unspecified atom stereocenters. The van der Waals surface area contributed by atoms with E-state index < -0.39 is 5.60 Å². The van der Waals surface area contributed by atoms with E-state index in [0.717, 1.165) is 24.8 Å². The molecule has 1 atom stereocenters. The van der Waals surface area contributed by atoms with Gasteiger partial charge in [0.15, 0.2) is 0 Å². The molecule has 1 N–H and O–H groups in total. The third kappa shape index (κ3) is 1.70. The molecule has 1 nitrogen and oxygen atoms in total. The summed E-state index contributed by atoms with van der Waals surface area (Å²) in [5.74, 6) is 0. The quantitative estimate of drug-likeness (QED) is 0.703. The Morgan fingerprint density at radius 3 is 2.71 bits per heavy atom. The molecule has 1 aromatic rings. The molecule has 0 bridgehead atoms. The van der Waals surface area contributed by atoms with Crippen LogP contribution in [-0.2, 0) is 5.60 Å². The van der Waals surface area contributed by atoms with Gasteiger partial charge in [-0.1, -0.05) is 42.0 Å². The topological polar surface area (TPSA) is 20.2 Å². The first-order valence-corrected chi connectivity index (χ1v) is 5.25. The highest BCUT2D eigenvalue weighted by Gasteiger charge is 2.29. The van der Waals surface area contributed by atoms with Crippen LogP contribution in [0.15, 0.2) is 36.4 Å². The summed E-state index contributed by atoms with van der Waals surface area (Å²) in [7, 11) is 0. The molecule has 2 heteroatoms. The predicted octanol–water partition coefficient (Wildman–Crippen LogP) is 3.27. The second-order valence-corrected chi connectivity index (χ2v) is 4.11. The molecule has 1 aliphatic carbocycles. The van der Waals surface area contributed by atoms with Gasteiger partial charge in [-0.2, -0.15) is 0 Å². The molecule has 0 amide bonds. The standard InChI is InChI=1S/C12H13ClO/c13-11-7-3-2-6-10(11)12(14)8-4-1-5-9-12/h2-4,6-8,14H,1,5,9H2. The highest BCUT2D eigenvalue weighted by atomic mass is 35.5. The lowest BCUT2D eigenvalue weighted by atomic mass is 9.85. The Bertz CT molecular complexity index is 359. The van der Waals surface area contributed by atoms with Crippen LogP contribution >= 0.6 is 11.6 Å². The van der Waals surface area contributed by atoms with E-state index in [-0.39, 0.29) is 0 Å². The summed E-state index contributed by atoms with van der Waals surface area (Å²) in [5.41, 5.74) is -0.0334. The van der Waals surface area contributed by atoms with Gasteiger partial charge in [-0.15, -0.1) is 0 Å². The highest BCUT2D eigenvalue weighted by Crippen LogP contribution is 2.35. The van der Waals surface area contributed by atoms with Crippen molar-refractivity contribution >= 4 is 11.6 Å². The molecule has 0 saturated heterocycles. The number of allylic oxidation sites excluding steroid dienone is 1. The van der Waals surface area contributed by atoms with Crippen LogP contribution in [0.1, 0.15) is 24.8 Å². The smallest absolute Gasteiger partial charge is 0.109 e. The molecule has 0 spiro atoms. The van der Waals surface area contributed by atoms with Crippen LogP contribution in [-0.4, -0.2) is 5.11 Å². The summed E-state index contributed by atoms with van der Waals surface area (Å²) in [6.07, 6.45) is 6.70. The van der Waals surface area contributed by atoms with Crippen molar-refractivity contribution in [2.24, 2.45) is 0 Å². The maximum absolute atomic E-state index is 10.4. The van der Waals surface area contributed by atoms with Gasteiger partial charge >= 0.3 is 0 Å². The number of benzene rings is 1. The summed E-state index contributed by atoms with van der Waals surface area (Å²) in [4.78, 5) is 0. The van der Waals surface area contributed by atoms with Crippen molar-refractivity contribution in [3.63, 3.8) is 0 Å². The molecule has 1 aromatic carbocycles. The van der Waals surface area contributed by atoms with Crippen molar-refractivity contribution in [3.8, 4) is 0 Å². The van der Waals surface area contributed by atoms with E-state index in [2.05, 4.69) is 0 Å². The molecule has 0 radical (unpaired) electrons. The monoisotopic (exact) mass is 208 g/mol. The highest BCUT2D eigenvalue weighted by molar-refractivity contribution is 6.31. The molecule has 0 aromatic heterocycles. The lowest BCUT2D eigenvalue weighted by Crippen LogP contribution is -2.25. The third-order valence-corrected chi connectivity index (χ3v) is 2.99. The largest absolute Gasteiger partial charge is 0.381 e. The summed E-state index contributed by atoms with van der Waals surface area (Å²) in [6, 6.07) is 7.48. The van der Waals surface area contributed by atoms with Crippen LogP contribution in [0, 0.1) is 0 Å². The minimum atomic E-state index is -0.851. The van der Waals surface area contributed by atoms with Gasteiger partial charge in [-0.05, 0) is 25.3 Å². The Labute approximate surface area is 89.0 Å². The third-order valence-electron chi connectivity index (χ3n) is 2.66. The molecule has 0 saturated carbocycles. The van der Waals surface area contributed by atoms with Crippen LogP contribution < -0.4 is 0 Å². The lowest BCUT2D eigenvalue weighted by Gasteiger charge is -2.28. The Morgan fingerprint density at radius 1 is 1.29 bits per heavy atom. The van der Waals surface area contributed by atoms with E-state index in [1.807, 2.05) is 36.4 Å². The average Bonchev–Trinajstić information content (AvgIpc) is 2.19. The first-order valence-electron chi connectivity index (χ1n) is 4.87. The van der Waals surface area contributed by atoms with Gasteiger partial charge < -0.3 is 5.11 Å². The summed E-state index contributed by atoms with van der Waals surface area (Å²) >= 11 is 6.05. The second-order valence-electron chi connectivity index (χ2n) is 3.70. The van der Waals surface area contributed by atoms with Gasteiger partial charge in [0.05, 0.1) is 0 Å². The maximum Gasteiger partial charge on any atom is 0.109 e. The number of aliphatic hydroxyl groups is 1. The van der Waals surface area contributed by atoms with Gasteiger partial charge in [-0.25, -0.2) is 0 Å². The fraction of sp³-hybridized carbons (Fsp3) is 0.333. The van der Waals surface area contributed by atoms with Crippen molar-refractivity contribution in [2.75, 3.05) is 0 Å². The Balaban J connectivity index is 2.43. The van der Waals surface area contributed by atoms with Gasteiger partial charge in [0.2, 0.25) is 0 Å². The van der Waals surface area contributed by atoms with Gasteiger partial charge in [0, 0.05) is 10.6 Å². The number of hydrogen-bond donors (Lipinski definition) is 1. The predicted molar refractivity (Wildman–Crippen MR) is 58.3 cm³/mol. The zero-order chi connectivity index (χ0) is 10.0. The van der Waals surface area contributed by atoms with Crippen LogP contribution in [0.4, 0.5) is 0 Å². The zero-order valence-corrected chi connectivity index (χ0v) is 8.67. The van der Waals surface area contributed by atoms with Crippen molar-refractivity contribution in [1.29, 1.82) is 0 Å². The fourth-order valence-corrected chi connectivity index (χ4v) is 2.19. The normalized spacial score (nSPS) is 26.4. The van der Waals surface area contributed by atoms with Crippen LogP contribution in [0.25, 0.3) is 0 Å². The molecule has 2 rings (SSSR count). The summed E-state index contributed by atoms with van der Waals surface area (Å²) in [5, 5.41) is 11.0. The molecule has 0 fully saturated rings. The number of hydrogen-bond acceptors (Lipinski definition) is 1. The van der Waals surface area contributed by atoms with Crippen LogP contribution in [0.2, 0.25) is 5.02 Å². The Hall–Kier alpha value is -0.790. The van der Waals surface area contributed by atoms with Crippen LogP contribution in [0.3, 0.4) is 0 Å². The van der Waals surface area contributed by atoms with Gasteiger partial charge in [0.1, 0.15) is 5.60 Å². The van der Waals surface area contributed by atoms with Crippen molar-refractivity contribution in [3.05, 3.63) is 47.0 Å². The molecule has 14 heavy (non-hydrogen) atoms. The van der Waals surface area contributed by atoms with Crippen molar-refractivity contribution in [2.45, 2.75) is 24.9 Å². The van der Waals surface area contributed by atoms with Crippen LogP contribution in [0.5, 0.6) is 0 Å². The van der Waals surface area contributed by atoms with E-state index >= 15 is 0 Å². The van der Waals surface area contributed by atoms with E-state index in [9.17, 15) is 5.11 Å². The molecular weight excluding hydrogens is 196 g/mol. The minimum absolute atomic E-state index is 0.640. The Kier molecular flexibility index (Phi) is 2.62. The summed E-state index contributed by atoms with van der Waals surface area (Å²) < 4.78 is 0. The second kappa shape index (κ2) is 3.76. The fourth-order valence-electron chi connectivity index (χ4n) is 1.89. The van der Waals surface area contributed by atoms with Gasteiger partial charge in [-0.3, -0.25) is 0 Å². The Morgan fingerprint density at radius 2 is 2.07 bits per heavy atom. The zero-order valence-electron chi connectivity index (χ0n) is 7.91. The lowest BCUT2D eigenvalue weighted by molar-refractivity contribution is 0.0727. The van der Waals surface area contributed by atoms with E-state index in [1.165, 1.54) is 0 Å². The molecule has 74 valence electrons. The first kappa shape index (κ1) is 9.75. The van der Waals surface area contributed by atoms with E-state index in [4.69, 9.17) is 11.6 Å². The molecule has 0 aliphatic heterocycles. The molecular formula is C12H13ClO. The van der Waals surface area contributed by atoms with Gasteiger partial charge in [0.25, 0.3) is 0 Å². The van der Waals surface area contributed by atoms with Crippen molar-refractivity contribution < 1.29 is 5.11 Å². The first-order chi connectivity index (χ1) is 6.72. The van der Waals surface area contributed by atoms with E-state index in [0.29, 0.717) is 5.02 Å². The summed E-state index contributed by atoms with van der Waals surface area (Å²) in [6.45, 7) is 0. The number of rotatable bonds is 1. The minimum Gasteiger partial charge on any atom is -0.381 e. The maximum atomic E-state index is 10.4. The molecule has 0 heterocycles. The average molecular weight is 209 g/mol. The SMILES string of the molecule is OC1(c2ccccc2Cl)C=CCCC1. The number of halogens is 1.